The molecule has 0 heterocycles. The van der Waals surface area contributed by atoms with E-state index in [4.69, 9.17) is 0 Å². The molecule has 0 N–H and O–H groups in total. The second kappa shape index (κ2) is 14.9. The predicted molar refractivity (Wildman–Crippen MR) is 153 cm³/mol. The molecule has 0 nitrogen and oxygen atoms in total. The van der Waals surface area contributed by atoms with Crippen molar-refractivity contribution in [1.29, 1.82) is 0 Å². The maximum atomic E-state index is 2.24. The zero-order valence-corrected chi connectivity index (χ0v) is 23.1. The van der Waals surface area contributed by atoms with Crippen LogP contribution in [0.4, 0.5) is 0 Å². The molecule has 0 saturated carbocycles. The number of aryl methyl sites for hydroxylation is 10. The van der Waals surface area contributed by atoms with Gasteiger partial charge in [0.1, 0.15) is 0 Å². The highest BCUT2D eigenvalue weighted by Gasteiger charge is 1.95. The van der Waals surface area contributed by atoms with Gasteiger partial charge in [-0.3, -0.25) is 0 Å². The number of hydrogen-bond acceptors (Lipinski definition) is 0. The number of rotatable bonds is 0. The van der Waals surface area contributed by atoms with Crippen LogP contribution in [0, 0.1) is 69.2 Å². The summed E-state index contributed by atoms with van der Waals surface area (Å²) in [4.78, 5) is 0. The van der Waals surface area contributed by atoms with Gasteiger partial charge in [-0.15, -0.1) is 0 Å². The van der Waals surface area contributed by atoms with Gasteiger partial charge in [-0.2, -0.15) is 0 Å². The third-order valence-electron chi connectivity index (χ3n) is 5.93. The van der Waals surface area contributed by atoms with Crippen molar-refractivity contribution in [2.24, 2.45) is 0 Å². The average Bonchev–Trinajstić information content (AvgIpc) is 2.78. The van der Waals surface area contributed by atoms with Crippen LogP contribution in [0.3, 0.4) is 0 Å². The first-order chi connectivity index (χ1) is 16.0. The Balaban J connectivity index is 0.000000228. The summed E-state index contributed by atoms with van der Waals surface area (Å²) in [7, 11) is 0. The minimum atomic E-state index is 1.33. The van der Waals surface area contributed by atoms with Crippen LogP contribution in [-0.4, -0.2) is 0 Å². The smallest absolute Gasteiger partial charge is 0.0395 e. The molecule has 0 bridgehead atoms. The first-order valence-corrected chi connectivity index (χ1v) is 12.1. The van der Waals surface area contributed by atoms with E-state index in [0.29, 0.717) is 0 Å². The summed E-state index contributed by atoms with van der Waals surface area (Å²) in [5.41, 5.74) is 13.6. The molecule has 0 aliphatic heterocycles. The maximum absolute atomic E-state index is 2.24. The molecule has 0 aromatic heterocycles. The van der Waals surface area contributed by atoms with E-state index in [1.807, 2.05) is 0 Å². The molecule has 4 rings (SSSR count). The number of hydrogen-bond donors (Lipinski definition) is 0. The van der Waals surface area contributed by atoms with Crippen LogP contribution in [0.15, 0.2) is 84.9 Å². The Morgan fingerprint density at radius 1 is 0.265 bits per heavy atom. The van der Waals surface area contributed by atoms with Gasteiger partial charge in [0.15, 0.2) is 0 Å². The zero-order chi connectivity index (χ0) is 25.7. The van der Waals surface area contributed by atoms with Gasteiger partial charge in [0.2, 0.25) is 0 Å². The van der Waals surface area contributed by atoms with Crippen LogP contribution >= 0.6 is 0 Å². The molecule has 0 heteroatoms. The van der Waals surface area contributed by atoms with Crippen LogP contribution in [0.1, 0.15) is 55.6 Å². The monoisotopic (exact) mass is 452 g/mol. The average molecular weight is 453 g/mol. The van der Waals surface area contributed by atoms with Gasteiger partial charge in [0.05, 0.1) is 0 Å². The highest BCUT2D eigenvalue weighted by molar-refractivity contribution is 5.35. The normalized spacial score (nSPS) is 9.47. The fourth-order valence-corrected chi connectivity index (χ4v) is 3.21. The fraction of sp³-hybridized carbons (Fsp3) is 0.294. The second-order valence-electron chi connectivity index (χ2n) is 9.42. The second-order valence-corrected chi connectivity index (χ2v) is 9.42. The zero-order valence-electron chi connectivity index (χ0n) is 23.1. The van der Waals surface area contributed by atoms with Crippen molar-refractivity contribution in [3.05, 3.63) is 141 Å². The molecule has 0 unspecified atom stereocenters. The van der Waals surface area contributed by atoms with Gasteiger partial charge in [0.25, 0.3) is 0 Å². The van der Waals surface area contributed by atoms with Crippen molar-refractivity contribution in [1.82, 2.24) is 0 Å². The summed E-state index contributed by atoms with van der Waals surface area (Å²) in [5, 5.41) is 0. The lowest BCUT2D eigenvalue weighted by Gasteiger charge is -2.04. The van der Waals surface area contributed by atoms with E-state index in [1.54, 1.807) is 0 Å². The summed E-state index contributed by atoms with van der Waals surface area (Å²) in [6.07, 6.45) is 0. The summed E-state index contributed by atoms with van der Waals surface area (Å²) in [6, 6.07) is 29.8. The molecule has 4 aromatic rings. The minimum absolute atomic E-state index is 1.33. The van der Waals surface area contributed by atoms with Crippen molar-refractivity contribution < 1.29 is 0 Å². The van der Waals surface area contributed by atoms with E-state index < -0.39 is 0 Å². The first-order valence-electron chi connectivity index (χ1n) is 12.1. The van der Waals surface area contributed by atoms with Gasteiger partial charge in [-0.25, -0.2) is 0 Å². The Morgan fingerprint density at radius 2 is 0.588 bits per heavy atom. The Hall–Kier alpha value is -3.12. The molecule has 0 fully saturated rings. The lowest BCUT2D eigenvalue weighted by atomic mass is 10.0. The van der Waals surface area contributed by atoms with Gasteiger partial charge < -0.3 is 0 Å². The minimum Gasteiger partial charge on any atom is -0.0620 e. The molecule has 34 heavy (non-hydrogen) atoms. The van der Waals surface area contributed by atoms with E-state index in [0.717, 1.165) is 0 Å². The van der Waals surface area contributed by atoms with E-state index in [-0.39, 0.29) is 0 Å². The largest absolute Gasteiger partial charge is 0.0620 e. The summed E-state index contributed by atoms with van der Waals surface area (Å²) >= 11 is 0. The van der Waals surface area contributed by atoms with Crippen molar-refractivity contribution in [2.75, 3.05) is 0 Å². The summed E-state index contributed by atoms with van der Waals surface area (Å²) < 4.78 is 0. The van der Waals surface area contributed by atoms with Crippen LogP contribution < -0.4 is 0 Å². The van der Waals surface area contributed by atoms with E-state index in [2.05, 4.69) is 154 Å². The Kier molecular flexibility index (Phi) is 12.7. The molecule has 4 aromatic carbocycles. The molecule has 0 atom stereocenters. The lowest BCUT2D eigenvalue weighted by molar-refractivity contribution is 1.24. The molecule has 0 spiro atoms. The fourth-order valence-electron chi connectivity index (χ4n) is 3.21. The third-order valence-corrected chi connectivity index (χ3v) is 5.93. The third kappa shape index (κ3) is 11.7. The van der Waals surface area contributed by atoms with Crippen LogP contribution in [0.25, 0.3) is 0 Å². The highest BCUT2D eigenvalue weighted by atomic mass is 14.0. The van der Waals surface area contributed by atoms with Crippen molar-refractivity contribution in [2.45, 2.75) is 69.2 Å². The quantitative estimate of drug-likeness (QED) is 0.249. The van der Waals surface area contributed by atoms with Gasteiger partial charge in [0, 0.05) is 0 Å². The standard InChI is InChI=1S/C10H14.3C8H10/c1-7-5-9(3)10(4)6-8(7)2;1-7-3-5-8(2)6-4-7;1-7-4-3-5-8(2)6-7;1-7-5-3-4-6-8(7)2/h5-6H,1-4H3;3*3-6H,1-2H3. The SMILES string of the molecule is Cc1cc(C)c(C)cc1C.Cc1ccc(C)cc1.Cc1cccc(C)c1.Cc1ccccc1C. The van der Waals surface area contributed by atoms with Crippen LogP contribution in [0.2, 0.25) is 0 Å². The van der Waals surface area contributed by atoms with Crippen molar-refractivity contribution in [3.63, 3.8) is 0 Å². The van der Waals surface area contributed by atoms with Crippen molar-refractivity contribution in [3.8, 4) is 0 Å². The topological polar surface area (TPSA) is 0 Å². The summed E-state index contributed by atoms with van der Waals surface area (Å²) in [5.74, 6) is 0. The number of benzene rings is 4. The molecule has 0 aliphatic carbocycles. The van der Waals surface area contributed by atoms with Gasteiger partial charge >= 0.3 is 0 Å². The lowest BCUT2D eigenvalue weighted by Crippen LogP contribution is -1.86. The first kappa shape index (κ1) is 28.9. The van der Waals surface area contributed by atoms with E-state index >= 15 is 0 Å². The molecule has 180 valence electrons. The Morgan fingerprint density at radius 3 is 0.824 bits per heavy atom. The molecular weight excluding hydrogens is 408 g/mol. The molecular formula is C34H44. The summed E-state index contributed by atoms with van der Waals surface area (Å²) in [6.45, 7) is 21.3. The van der Waals surface area contributed by atoms with Gasteiger partial charge in [-0.05, 0) is 103 Å². The van der Waals surface area contributed by atoms with Crippen LogP contribution in [-0.2, 0) is 0 Å². The Labute approximate surface area is 209 Å². The maximum Gasteiger partial charge on any atom is -0.0395 e. The van der Waals surface area contributed by atoms with E-state index in [9.17, 15) is 0 Å². The van der Waals surface area contributed by atoms with Gasteiger partial charge in [-0.1, -0.05) is 107 Å². The molecule has 0 radical (unpaired) electrons. The molecule has 0 aliphatic rings. The molecule has 0 saturated heterocycles. The van der Waals surface area contributed by atoms with Crippen LogP contribution in [0.5, 0.6) is 0 Å². The predicted octanol–water partition coefficient (Wildman–Crippen LogP) is 9.83. The van der Waals surface area contributed by atoms with E-state index in [1.165, 1.54) is 55.6 Å². The highest BCUT2D eigenvalue weighted by Crippen LogP contribution is 2.13. The Bertz CT molecular complexity index is 1020. The molecule has 0 amide bonds. The van der Waals surface area contributed by atoms with Crippen molar-refractivity contribution >= 4 is 0 Å².